The monoisotopic (exact) mass is 644 g/mol. The fraction of sp³-hybridized carbons (Fsp3) is 0.256. The summed E-state index contributed by atoms with van der Waals surface area (Å²) in [6, 6.07) is 31.2. The van der Waals surface area contributed by atoms with Gasteiger partial charge in [-0.2, -0.15) is 0 Å². The molecule has 48 heavy (non-hydrogen) atoms. The number of carbonyl (C=O) groups is 5. The van der Waals surface area contributed by atoms with Crippen LogP contribution in [0.5, 0.6) is 0 Å². The van der Waals surface area contributed by atoms with Gasteiger partial charge in [-0.25, -0.2) is 0 Å². The Labute approximate surface area is 280 Å². The molecule has 9 heteroatoms. The Balaban J connectivity index is 1.38. The topological polar surface area (TPSA) is 133 Å². The summed E-state index contributed by atoms with van der Waals surface area (Å²) >= 11 is 0. The fourth-order valence-electron chi connectivity index (χ4n) is 5.68. The van der Waals surface area contributed by atoms with Crippen molar-refractivity contribution in [1.29, 1.82) is 0 Å². The van der Waals surface area contributed by atoms with Crippen LogP contribution in [0, 0.1) is 0 Å². The maximum Gasteiger partial charge on any atom is 0.289 e. The average molecular weight is 645 g/mol. The SMILES string of the molecule is C[C@@H]1NC(=O)CCc2cccc(c2)-c2cccc(c2)CC[C@@H](C(=O)N[C@@H](Cc2ccccc2)C(=O)C(=O)NCc2ccccc2)NC1=O. The van der Waals surface area contributed by atoms with Gasteiger partial charge in [0.25, 0.3) is 5.91 Å². The highest BCUT2D eigenvalue weighted by atomic mass is 16.2. The summed E-state index contributed by atoms with van der Waals surface area (Å²) in [5, 5.41) is 10.9. The second kappa shape index (κ2) is 16.3. The predicted molar refractivity (Wildman–Crippen MR) is 183 cm³/mol. The molecule has 3 atom stereocenters. The number of rotatable bonds is 8. The van der Waals surface area contributed by atoms with Gasteiger partial charge in [-0.3, -0.25) is 24.0 Å². The van der Waals surface area contributed by atoms with Crippen molar-refractivity contribution < 1.29 is 24.0 Å². The van der Waals surface area contributed by atoms with E-state index in [1.54, 1.807) is 6.92 Å². The number of hydrogen-bond acceptors (Lipinski definition) is 5. The van der Waals surface area contributed by atoms with Gasteiger partial charge in [0, 0.05) is 19.4 Å². The third-order valence-electron chi connectivity index (χ3n) is 8.39. The highest BCUT2D eigenvalue weighted by Gasteiger charge is 2.31. The second-order valence-electron chi connectivity index (χ2n) is 12.1. The second-order valence-corrected chi connectivity index (χ2v) is 12.1. The summed E-state index contributed by atoms with van der Waals surface area (Å²) in [6.45, 7) is 1.72. The smallest absolute Gasteiger partial charge is 0.289 e. The van der Waals surface area contributed by atoms with E-state index in [1.165, 1.54) is 0 Å². The molecule has 0 saturated carbocycles. The Morgan fingerprint density at radius 2 is 1.33 bits per heavy atom. The van der Waals surface area contributed by atoms with E-state index in [9.17, 15) is 24.0 Å². The molecule has 0 unspecified atom stereocenters. The Morgan fingerprint density at radius 3 is 1.98 bits per heavy atom. The number of amides is 4. The number of benzene rings is 4. The molecule has 0 radical (unpaired) electrons. The first-order valence-corrected chi connectivity index (χ1v) is 16.2. The third kappa shape index (κ3) is 9.48. The van der Waals surface area contributed by atoms with Crippen LogP contribution in [0.15, 0.2) is 109 Å². The minimum absolute atomic E-state index is 0.0818. The number of nitrogens with one attached hydrogen (secondary N) is 4. The van der Waals surface area contributed by atoms with Crippen molar-refractivity contribution in [2.24, 2.45) is 0 Å². The zero-order chi connectivity index (χ0) is 33.9. The largest absolute Gasteiger partial charge is 0.345 e. The van der Waals surface area contributed by atoms with Gasteiger partial charge in [0.05, 0.1) is 0 Å². The van der Waals surface area contributed by atoms with E-state index < -0.39 is 41.6 Å². The lowest BCUT2D eigenvalue weighted by molar-refractivity contribution is -0.140. The van der Waals surface area contributed by atoms with E-state index in [2.05, 4.69) is 33.4 Å². The van der Waals surface area contributed by atoms with Crippen LogP contribution in [-0.4, -0.2) is 47.5 Å². The van der Waals surface area contributed by atoms with Crippen molar-refractivity contribution in [2.45, 2.75) is 63.7 Å². The van der Waals surface area contributed by atoms with Gasteiger partial charge in [0.15, 0.2) is 0 Å². The van der Waals surface area contributed by atoms with E-state index in [0.29, 0.717) is 12.8 Å². The van der Waals surface area contributed by atoms with Crippen LogP contribution in [0.1, 0.15) is 42.0 Å². The van der Waals surface area contributed by atoms with Crippen molar-refractivity contribution in [2.75, 3.05) is 0 Å². The van der Waals surface area contributed by atoms with Crippen LogP contribution in [0.3, 0.4) is 0 Å². The summed E-state index contributed by atoms with van der Waals surface area (Å²) in [6.07, 6.45) is 1.45. The first-order valence-electron chi connectivity index (χ1n) is 16.2. The number of fused-ring (bicyclic) bond motifs is 5. The van der Waals surface area contributed by atoms with E-state index in [0.717, 1.165) is 33.4 Å². The molecule has 0 aromatic heterocycles. The lowest BCUT2D eigenvalue weighted by Crippen LogP contribution is -2.56. The van der Waals surface area contributed by atoms with Crippen molar-refractivity contribution in [1.82, 2.24) is 21.3 Å². The zero-order valence-electron chi connectivity index (χ0n) is 26.9. The van der Waals surface area contributed by atoms with E-state index in [1.807, 2.05) is 97.1 Å². The molecule has 4 bridgehead atoms. The van der Waals surface area contributed by atoms with Gasteiger partial charge < -0.3 is 21.3 Å². The van der Waals surface area contributed by atoms with Gasteiger partial charge in [0.2, 0.25) is 23.5 Å². The minimum atomic E-state index is -1.18. The zero-order valence-corrected chi connectivity index (χ0v) is 26.9. The fourth-order valence-corrected chi connectivity index (χ4v) is 5.68. The Kier molecular flexibility index (Phi) is 11.5. The lowest BCUT2D eigenvalue weighted by atomic mass is 9.96. The summed E-state index contributed by atoms with van der Waals surface area (Å²) in [5.74, 6) is -3.03. The molecule has 9 nitrogen and oxygen atoms in total. The maximum atomic E-state index is 13.9. The maximum absolute atomic E-state index is 13.9. The molecule has 5 rings (SSSR count). The Bertz CT molecular complexity index is 1760. The van der Waals surface area contributed by atoms with E-state index in [-0.39, 0.29) is 31.7 Å². The molecule has 0 saturated heterocycles. The van der Waals surface area contributed by atoms with Crippen LogP contribution in [0.4, 0.5) is 0 Å². The molecular weight excluding hydrogens is 604 g/mol. The van der Waals surface area contributed by atoms with Crippen LogP contribution < -0.4 is 21.3 Å². The van der Waals surface area contributed by atoms with Crippen LogP contribution in [-0.2, 0) is 49.8 Å². The molecule has 1 aliphatic rings. The van der Waals surface area contributed by atoms with Gasteiger partial charge >= 0.3 is 0 Å². The van der Waals surface area contributed by atoms with Crippen LogP contribution >= 0.6 is 0 Å². The summed E-state index contributed by atoms with van der Waals surface area (Å²) in [7, 11) is 0. The van der Waals surface area contributed by atoms with Gasteiger partial charge in [0.1, 0.15) is 18.1 Å². The van der Waals surface area contributed by atoms with Crippen molar-refractivity contribution in [3.8, 4) is 11.1 Å². The van der Waals surface area contributed by atoms with Gasteiger partial charge in [-0.05, 0) is 59.6 Å². The van der Waals surface area contributed by atoms with Crippen molar-refractivity contribution >= 4 is 29.4 Å². The average Bonchev–Trinajstić information content (AvgIpc) is 3.11. The molecule has 4 aromatic rings. The van der Waals surface area contributed by atoms with Crippen molar-refractivity contribution in [3.63, 3.8) is 0 Å². The van der Waals surface area contributed by atoms with E-state index >= 15 is 0 Å². The normalized spacial score (nSPS) is 17.3. The standard InChI is InChI=1S/C39H40N4O5/c1-26-37(46)42-33(20-18-28-14-8-16-31(22-28)32-17-9-15-29(23-32)19-21-35(44)41-26)38(47)43-34(24-27-10-4-2-5-11-27)36(45)39(48)40-25-30-12-6-3-7-13-30/h2-17,22-23,26,33-34H,18-21,24-25H2,1H3,(H,40,48)(H,41,44)(H,42,46)(H,43,47)/t26-,33-,34-/m0/s1. The number of ketones is 1. The highest BCUT2D eigenvalue weighted by molar-refractivity contribution is 6.38. The first kappa shape index (κ1) is 33.8. The van der Waals surface area contributed by atoms with Gasteiger partial charge in [-0.15, -0.1) is 0 Å². The quantitative estimate of drug-likeness (QED) is 0.217. The molecule has 1 aliphatic heterocycles. The number of Topliss-reactive ketones (excluding diaryl/α,β-unsaturated/α-hetero) is 1. The molecule has 246 valence electrons. The minimum Gasteiger partial charge on any atom is -0.345 e. The van der Waals surface area contributed by atoms with Gasteiger partial charge in [-0.1, -0.05) is 109 Å². The summed E-state index contributed by atoms with van der Waals surface area (Å²) in [4.78, 5) is 66.5. The molecule has 4 N–H and O–H groups in total. The first-order chi connectivity index (χ1) is 23.2. The molecule has 1 heterocycles. The molecular formula is C39H40N4O5. The Hall–Kier alpha value is -5.57. The predicted octanol–water partition coefficient (Wildman–Crippen LogP) is 3.83. The lowest BCUT2D eigenvalue weighted by Gasteiger charge is -2.24. The number of hydrogen-bond donors (Lipinski definition) is 4. The molecule has 0 aliphatic carbocycles. The summed E-state index contributed by atoms with van der Waals surface area (Å²) < 4.78 is 0. The summed E-state index contributed by atoms with van der Waals surface area (Å²) in [5.41, 5.74) is 5.59. The molecule has 4 amide bonds. The van der Waals surface area contributed by atoms with E-state index in [4.69, 9.17) is 0 Å². The molecule has 4 aromatic carbocycles. The number of aryl methyl sites for hydroxylation is 2. The molecule has 0 spiro atoms. The van der Waals surface area contributed by atoms with Crippen molar-refractivity contribution in [3.05, 3.63) is 131 Å². The Morgan fingerprint density at radius 1 is 0.729 bits per heavy atom. The van der Waals surface area contributed by atoms with Crippen LogP contribution in [0.25, 0.3) is 11.1 Å². The van der Waals surface area contributed by atoms with Crippen LogP contribution in [0.2, 0.25) is 0 Å². The highest BCUT2D eigenvalue weighted by Crippen LogP contribution is 2.23. The molecule has 0 fully saturated rings. The number of carbonyl (C=O) groups excluding carboxylic acids is 5. The third-order valence-corrected chi connectivity index (χ3v) is 8.39.